The number of nitrogens with two attached hydrogens (primary N) is 1. The molecule has 2 aliphatic rings. The molecule has 7 nitrogen and oxygen atoms in total. The molecule has 1 aromatic rings. The Bertz CT molecular complexity index is 631. The second kappa shape index (κ2) is 8.86. The lowest BCUT2D eigenvalue weighted by molar-refractivity contribution is 0.0524. The van der Waals surface area contributed by atoms with E-state index < -0.39 is 0 Å². The van der Waals surface area contributed by atoms with E-state index in [1.54, 1.807) is 0 Å². The minimum absolute atomic E-state index is 0.403. The van der Waals surface area contributed by atoms with Crippen LogP contribution in [0, 0.1) is 5.92 Å². The van der Waals surface area contributed by atoms with Gasteiger partial charge >= 0.3 is 0 Å². The maximum absolute atomic E-state index is 6.00. The molecule has 3 N–H and O–H groups in total. The number of hydrogen-bond donors (Lipinski definition) is 2. The molecule has 3 atom stereocenters. The predicted octanol–water partition coefficient (Wildman–Crippen LogP) is 2.35. The van der Waals surface area contributed by atoms with Crippen molar-refractivity contribution in [1.29, 1.82) is 0 Å². The van der Waals surface area contributed by atoms with Gasteiger partial charge in [-0.3, -0.25) is 10.7 Å². The van der Waals surface area contributed by atoms with Crippen LogP contribution >= 0.6 is 11.5 Å². The zero-order valence-corrected chi connectivity index (χ0v) is 18.0. The van der Waals surface area contributed by atoms with E-state index in [2.05, 4.69) is 53.8 Å². The van der Waals surface area contributed by atoms with Gasteiger partial charge in [-0.05, 0) is 32.6 Å². The largest absolute Gasteiger partial charge is 0.370 e. The first-order chi connectivity index (χ1) is 12.8. The smallest absolute Gasteiger partial charge is 0.202 e. The van der Waals surface area contributed by atoms with E-state index >= 15 is 0 Å². The van der Waals surface area contributed by atoms with Gasteiger partial charge in [-0.25, -0.2) is 9.99 Å². The number of nitrogens with zero attached hydrogens (tertiary/aromatic N) is 5. The summed E-state index contributed by atoms with van der Waals surface area (Å²) in [5.41, 5.74) is 1.24. The molecule has 0 saturated carbocycles. The van der Waals surface area contributed by atoms with Gasteiger partial charge in [0.1, 0.15) is 0 Å². The van der Waals surface area contributed by atoms with Gasteiger partial charge in [0.05, 0.1) is 6.54 Å². The summed E-state index contributed by atoms with van der Waals surface area (Å²) in [4.78, 5) is 9.65. The van der Waals surface area contributed by atoms with Gasteiger partial charge in [0.15, 0.2) is 5.82 Å². The summed E-state index contributed by atoms with van der Waals surface area (Å²) >= 11 is 1.45. The first kappa shape index (κ1) is 20.5. The third-order valence-electron chi connectivity index (χ3n) is 5.87. The number of anilines is 1. The molecule has 27 heavy (non-hydrogen) atoms. The quantitative estimate of drug-likeness (QED) is 0.689. The molecular weight excluding hydrogens is 358 g/mol. The minimum Gasteiger partial charge on any atom is -0.370 e. The van der Waals surface area contributed by atoms with Gasteiger partial charge in [0, 0.05) is 61.5 Å². The molecule has 0 amide bonds. The van der Waals surface area contributed by atoms with E-state index in [9.17, 15) is 0 Å². The molecular formula is C19H35N7S. The number of rotatable bonds is 7. The first-order valence-electron chi connectivity index (χ1n) is 10.1. The SMILES string of the molecule is C=C(C(C)C)N1CC(C)N(Cc2nsc(NCC3CCCN3N)n2)CC1C. The van der Waals surface area contributed by atoms with Gasteiger partial charge in [-0.2, -0.15) is 4.37 Å². The highest BCUT2D eigenvalue weighted by atomic mass is 32.1. The fourth-order valence-electron chi connectivity index (χ4n) is 4.00. The Balaban J connectivity index is 1.52. The first-order valence-corrected chi connectivity index (χ1v) is 10.9. The van der Waals surface area contributed by atoms with Crippen LogP contribution in [0.25, 0.3) is 0 Å². The van der Waals surface area contributed by atoms with E-state index in [0.29, 0.717) is 24.0 Å². The molecule has 2 aliphatic heterocycles. The Labute approximate surface area is 167 Å². The fraction of sp³-hybridized carbons (Fsp3) is 0.789. The highest BCUT2D eigenvalue weighted by Crippen LogP contribution is 2.24. The van der Waals surface area contributed by atoms with Crippen LogP contribution in [0.15, 0.2) is 12.3 Å². The standard InChI is InChI=1S/C19H35N7S/c1-13(2)16(5)25-11-14(3)24(10-15(25)4)12-18-22-19(27-23-18)21-9-17-7-6-8-26(17)20/h13-15,17H,5-12,20H2,1-4H3,(H,21,22,23). The van der Waals surface area contributed by atoms with E-state index in [1.165, 1.54) is 23.7 Å². The lowest BCUT2D eigenvalue weighted by Gasteiger charge is -2.46. The Kier molecular flexibility index (Phi) is 6.73. The third kappa shape index (κ3) is 4.99. The zero-order valence-electron chi connectivity index (χ0n) is 17.2. The highest BCUT2D eigenvalue weighted by molar-refractivity contribution is 7.09. The van der Waals surface area contributed by atoms with E-state index in [-0.39, 0.29) is 0 Å². The summed E-state index contributed by atoms with van der Waals surface area (Å²) in [7, 11) is 0. The van der Waals surface area contributed by atoms with Crippen LogP contribution in [0.3, 0.4) is 0 Å². The van der Waals surface area contributed by atoms with Gasteiger partial charge in [0.25, 0.3) is 0 Å². The molecule has 8 heteroatoms. The maximum Gasteiger partial charge on any atom is 0.202 e. The number of hydrogen-bond acceptors (Lipinski definition) is 8. The number of nitrogens with one attached hydrogen (secondary N) is 1. The summed E-state index contributed by atoms with van der Waals surface area (Å²) in [6.45, 7) is 18.0. The summed E-state index contributed by atoms with van der Waals surface area (Å²) in [5, 5.41) is 6.25. The van der Waals surface area contributed by atoms with Crippen LogP contribution in [-0.2, 0) is 6.54 Å². The van der Waals surface area contributed by atoms with Crippen LogP contribution in [0.1, 0.15) is 46.4 Å². The van der Waals surface area contributed by atoms with E-state index in [4.69, 9.17) is 10.8 Å². The second-order valence-corrected chi connectivity index (χ2v) is 9.11. The van der Waals surface area contributed by atoms with Gasteiger partial charge in [0.2, 0.25) is 5.13 Å². The summed E-state index contributed by atoms with van der Waals surface area (Å²) in [5.74, 6) is 7.40. The minimum atomic E-state index is 0.403. The van der Waals surface area contributed by atoms with Gasteiger partial charge in [-0.15, -0.1) is 0 Å². The molecule has 0 radical (unpaired) electrons. The average molecular weight is 394 g/mol. The lowest BCUT2D eigenvalue weighted by atomic mass is 10.0. The molecule has 0 bridgehead atoms. The van der Waals surface area contributed by atoms with Crippen molar-refractivity contribution in [3.8, 4) is 0 Å². The highest BCUT2D eigenvalue weighted by Gasteiger charge is 2.31. The normalized spacial score (nSPS) is 27.5. The topological polar surface area (TPSA) is 73.5 Å². The van der Waals surface area contributed by atoms with E-state index in [1.807, 2.05) is 5.01 Å². The molecule has 152 valence electrons. The number of hydrazine groups is 1. The Morgan fingerprint density at radius 2 is 2.11 bits per heavy atom. The van der Waals surface area contributed by atoms with Crippen LogP contribution < -0.4 is 11.2 Å². The number of aromatic nitrogens is 2. The Morgan fingerprint density at radius 3 is 2.78 bits per heavy atom. The summed E-state index contributed by atoms with van der Waals surface area (Å²) in [6, 6.07) is 1.33. The van der Waals surface area contributed by atoms with Gasteiger partial charge < -0.3 is 10.2 Å². The van der Waals surface area contributed by atoms with Crippen molar-refractivity contribution in [2.75, 3.05) is 31.5 Å². The van der Waals surface area contributed by atoms with Crippen molar-refractivity contribution in [2.24, 2.45) is 11.8 Å². The van der Waals surface area contributed by atoms with Crippen LogP contribution in [0.5, 0.6) is 0 Å². The molecule has 3 rings (SSSR count). The Hall–Kier alpha value is -1.22. The molecule has 2 fully saturated rings. The Morgan fingerprint density at radius 1 is 1.33 bits per heavy atom. The molecule has 3 unspecified atom stereocenters. The molecule has 0 aliphatic carbocycles. The fourth-order valence-corrected chi connectivity index (χ4v) is 4.59. The van der Waals surface area contributed by atoms with Crippen LogP contribution in [-0.4, -0.2) is 68.5 Å². The average Bonchev–Trinajstić information content (AvgIpc) is 3.24. The second-order valence-electron chi connectivity index (χ2n) is 8.36. The van der Waals surface area contributed by atoms with Crippen molar-refractivity contribution in [1.82, 2.24) is 24.2 Å². The van der Waals surface area contributed by atoms with Crippen LogP contribution in [0.2, 0.25) is 0 Å². The van der Waals surface area contributed by atoms with Crippen molar-refractivity contribution in [3.05, 3.63) is 18.1 Å². The van der Waals surface area contributed by atoms with Crippen molar-refractivity contribution < 1.29 is 0 Å². The molecule has 2 saturated heterocycles. The van der Waals surface area contributed by atoms with E-state index in [0.717, 1.165) is 50.1 Å². The van der Waals surface area contributed by atoms with Crippen molar-refractivity contribution >= 4 is 16.7 Å². The maximum atomic E-state index is 6.00. The third-order valence-corrected chi connectivity index (χ3v) is 6.59. The predicted molar refractivity (Wildman–Crippen MR) is 112 cm³/mol. The molecule has 3 heterocycles. The number of allylic oxidation sites excluding steroid dienone is 1. The van der Waals surface area contributed by atoms with Gasteiger partial charge in [-0.1, -0.05) is 20.4 Å². The molecule has 0 spiro atoms. The monoisotopic (exact) mass is 393 g/mol. The van der Waals surface area contributed by atoms with Crippen LogP contribution in [0.4, 0.5) is 5.13 Å². The van der Waals surface area contributed by atoms with Crippen molar-refractivity contribution in [3.63, 3.8) is 0 Å². The summed E-state index contributed by atoms with van der Waals surface area (Å²) < 4.78 is 4.57. The van der Waals surface area contributed by atoms with Crippen molar-refractivity contribution in [2.45, 2.75) is 65.2 Å². The zero-order chi connectivity index (χ0) is 19.6. The lowest BCUT2D eigenvalue weighted by Crippen LogP contribution is -2.55. The molecule has 0 aromatic carbocycles. The number of piperazine rings is 1. The molecule has 1 aromatic heterocycles. The summed E-state index contributed by atoms with van der Waals surface area (Å²) in [6.07, 6.45) is 2.33.